The number of nitrogens with zero attached hydrogens (tertiary/aromatic N) is 6. The van der Waals surface area contributed by atoms with Gasteiger partial charge in [0.25, 0.3) is 11.8 Å². The summed E-state index contributed by atoms with van der Waals surface area (Å²) in [6.45, 7) is 8.61. The maximum atomic E-state index is 14.5. The number of oxazole rings is 1. The van der Waals surface area contributed by atoms with Gasteiger partial charge in [-0.25, -0.2) is 15.0 Å². The zero-order chi connectivity index (χ0) is 39.7. The average Bonchev–Trinajstić information content (AvgIpc) is 4.03. The molecule has 5 amide bonds. The SMILES string of the molecule is CC(C)C[C@H]1C(=O)N2CCC[C@H]2c2nc(cs2)-c2nc(co2)C(=O)N2CCC[C@H]2C(=O)N[C@@H](C(C)C)C(=O)N[C@H](Cc2ccccc2)c2nc(cs2)C(=O)N1C. The monoisotopic (exact) mass is 800 g/mol. The fourth-order valence-corrected chi connectivity index (χ4v) is 9.55. The molecule has 2 fully saturated rings. The lowest BCUT2D eigenvalue weighted by Gasteiger charge is -2.33. The second-order valence-corrected chi connectivity index (χ2v) is 17.3. The van der Waals surface area contributed by atoms with E-state index in [0.717, 1.165) is 17.0 Å². The number of benzene rings is 1. The van der Waals surface area contributed by atoms with Gasteiger partial charge in [-0.2, -0.15) is 0 Å². The zero-order valence-electron chi connectivity index (χ0n) is 32.3. The molecule has 0 saturated carbocycles. The number of fused-ring (bicyclic) bond motifs is 10. The smallest absolute Gasteiger partial charge is 0.276 e. The summed E-state index contributed by atoms with van der Waals surface area (Å²) in [7, 11) is 1.65. The van der Waals surface area contributed by atoms with Crippen molar-refractivity contribution in [2.45, 2.75) is 96.4 Å². The highest BCUT2D eigenvalue weighted by Gasteiger charge is 2.41. The highest BCUT2D eigenvalue weighted by molar-refractivity contribution is 7.10. The van der Waals surface area contributed by atoms with E-state index < -0.39 is 41.9 Å². The van der Waals surface area contributed by atoms with Gasteiger partial charge in [0.05, 0.1) is 12.1 Å². The van der Waals surface area contributed by atoms with Crippen LogP contribution in [-0.2, 0) is 20.8 Å². The lowest BCUT2D eigenvalue weighted by atomic mass is 10.0. The first kappa shape index (κ1) is 39.3. The molecule has 3 aliphatic rings. The van der Waals surface area contributed by atoms with Crippen molar-refractivity contribution in [1.29, 1.82) is 0 Å². The van der Waals surface area contributed by atoms with Crippen molar-refractivity contribution in [2.75, 3.05) is 20.1 Å². The van der Waals surface area contributed by atoms with Gasteiger partial charge >= 0.3 is 0 Å². The first-order valence-electron chi connectivity index (χ1n) is 19.3. The third kappa shape index (κ3) is 8.12. The Balaban J connectivity index is 1.27. The molecule has 7 rings (SSSR count). The fourth-order valence-electron chi connectivity index (χ4n) is 7.77. The van der Waals surface area contributed by atoms with Crippen molar-refractivity contribution in [3.05, 3.63) is 74.3 Å². The van der Waals surface area contributed by atoms with Crippen molar-refractivity contribution in [2.24, 2.45) is 11.8 Å². The number of aromatic nitrogens is 3. The van der Waals surface area contributed by atoms with E-state index in [-0.39, 0.29) is 47.0 Å². The number of carbonyl (C=O) groups is 5. The van der Waals surface area contributed by atoms with Crippen molar-refractivity contribution >= 4 is 52.2 Å². The van der Waals surface area contributed by atoms with Crippen LogP contribution in [0, 0.1) is 11.8 Å². The molecular formula is C40H48N8O6S2. The molecule has 16 heteroatoms. The molecule has 56 heavy (non-hydrogen) atoms. The van der Waals surface area contributed by atoms with Crippen molar-refractivity contribution in [3.8, 4) is 11.6 Å². The summed E-state index contributed by atoms with van der Waals surface area (Å²) in [6, 6.07) is 6.25. The zero-order valence-corrected chi connectivity index (χ0v) is 33.9. The first-order valence-corrected chi connectivity index (χ1v) is 21.1. The Morgan fingerprint density at radius 1 is 0.786 bits per heavy atom. The van der Waals surface area contributed by atoms with E-state index in [2.05, 4.69) is 15.6 Å². The average molecular weight is 801 g/mol. The van der Waals surface area contributed by atoms with Crippen LogP contribution in [0.5, 0.6) is 0 Å². The Morgan fingerprint density at radius 3 is 2.20 bits per heavy atom. The Morgan fingerprint density at radius 2 is 1.46 bits per heavy atom. The number of nitrogens with one attached hydrogen (secondary N) is 2. The normalized spacial score (nSPS) is 24.0. The Bertz CT molecular complexity index is 2080. The maximum Gasteiger partial charge on any atom is 0.276 e. The molecule has 1 aromatic carbocycles. The van der Waals surface area contributed by atoms with Gasteiger partial charge in [0.1, 0.15) is 45.8 Å². The molecule has 0 spiro atoms. The van der Waals surface area contributed by atoms with E-state index in [1.54, 1.807) is 17.8 Å². The number of rotatable bonds is 5. The maximum absolute atomic E-state index is 14.5. The van der Waals surface area contributed by atoms with Crippen molar-refractivity contribution in [1.82, 2.24) is 40.3 Å². The summed E-state index contributed by atoms with van der Waals surface area (Å²) in [4.78, 5) is 89.4. The first-order chi connectivity index (χ1) is 26.9. The van der Waals surface area contributed by atoms with E-state index >= 15 is 0 Å². The second-order valence-electron chi connectivity index (χ2n) is 15.6. The largest absolute Gasteiger partial charge is 0.442 e. The Labute approximate surface area is 334 Å². The molecule has 0 aliphatic carbocycles. The summed E-state index contributed by atoms with van der Waals surface area (Å²) in [5, 5.41) is 10.8. The van der Waals surface area contributed by atoms with Crippen LogP contribution >= 0.6 is 22.7 Å². The minimum atomic E-state index is -0.925. The van der Waals surface area contributed by atoms with Crippen LogP contribution in [0.4, 0.5) is 0 Å². The second kappa shape index (κ2) is 16.6. The molecule has 2 N–H and O–H groups in total. The van der Waals surface area contributed by atoms with Crippen LogP contribution in [0.25, 0.3) is 11.6 Å². The topological polar surface area (TPSA) is 171 Å². The van der Waals surface area contributed by atoms with E-state index in [1.165, 1.54) is 38.7 Å². The number of thiazole rings is 2. The molecule has 2 saturated heterocycles. The molecule has 5 atom stereocenters. The molecule has 4 aromatic rings. The van der Waals surface area contributed by atoms with E-state index in [9.17, 15) is 24.0 Å². The molecule has 3 aliphatic heterocycles. The van der Waals surface area contributed by atoms with Crippen LogP contribution in [0.3, 0.4) is 0 Å². The lowest BCUT2D eigenvalue weighted by molar-refractivity contribution is -0.137. The summed E-state index contributed by atoms with van der Waals surface area (Å²) in [5.41, 5.74) is 1.62. The van der Waals surface area contributed by atoms with E-state index in [1.807, 2.05) is 62.9 Å². The molecule has 3 aromatic heterocycles. The molecule has 0 unspecified atom stereocenters. The number of hydrogen-bond donors (Lipinski definition) is 2. The number of hydrogen-bond acceptors (Lipinski definition) is 11. The summed E-state index contributed by atoms with van der Waals surface area (Å²) >= 11 is 2.65. The van der Waals surface area contributed by atoms with Gasteiger partial charge in [-0.15, -0.1) is 22.7 Å². The molecule has 6 bridgehead atoms. The van der Waals surface area contributed by atoms with Crippen LogP contribution < -0.4 is 10.6 Å². The van der Waals surface area contributed by atoms with E-state index in [4.69, 9.17) is 14.4 Å². The molecule has 6 heterocycles. The minimum Gasteiger partial charge on any atom is -0.442 e. The van der Waals surface area contributed by atoms with Gasteiger partial charge in [0, 0.05) is 30.9 Å². The lowest BCUT2D eigenvalue weighted by Crippen LogP contribution is -2.55. The summed E-state index contributed by atoms with van der Waals surface area (Å²) < 4.78 is 5.76. The van der Waals surface area contributed by atoms with Crippen LogP contribution in [-0.4, -0.2) is 97.5 Å². The highest BCUT2D eigenvalue weighted by Crippen LogP contribution is 2.37. The van der Waals surface area contributed by atoms with Crippen molar-refractivity contribution < 1.29 is 28.4 Å². The van der Waals surface area contributed by atoms with E-state index in [0.29, 0.717) is 55.9 Å². The quantitative estimate of drug-likeness (QED) is 0.273. The van der Waals surface area contributed by atoms with Crippen LogP contribution in [0.1, 0.15) is 108 Å². The Kier molecular flexibility index (Phi) is 11.7. The van der Waals surface area contributed by atoms with Gasteiger partial charge < -0.3 is 29.8 Å². The van der Waals surface area contributed by atoms with Crippen LogP contribution in [0.2, 0.25) is 0 Å². The third-order valence-corrected chi connectivity index (χ3v) is 12.7. The van der Waals surface area contributed by atoms with Gasteiger partial charge in [-0.3, -0.25) is 24.0 Å². The number of amides is 5. The number of likely N-dealkylation sites (N-methyl/N-ethyl adjacent to an activating group) is 1. The van der Waals surface area contributed by atoms with Crippen LogP contribution in [0.15, 0.2) is 51.8 Å². The van der Waals surface area contributed by atoms with Gasteiger partial charge in [0.2, 0.25) is 23.6 Å². The molecular weight excluding hydrogens is 753 g/mol. The number of carbonyl (C=O) groups excluding carboxylic acids is 5. The predicted octanol–water partition coefficient (Wildman–Crippen LogP) is 5.26. The minimum absolute atomic E-state index is 0.0512. The van der Waals surface area contributed by atoms with Crippen molar-refractivity contribution in [3.63, 3.8) is 0 Å². The Hall–Kier alpha value is -4.96. The van der Waals surface area contributed by atoms with Gasteiger partial charge in [-0.1, -0.05) is 58.0 Å². The summed E-state index contributed by atoms with van der Waals surface area (Å²) in [5.74, 6) is -1.85. The summed E-state index contributed by atoms with van der Waals surface area (Å²) in [6.07, 6.45) is 4.64. The third-order valence-electron chi connectivity index (χ3n) is 10.8. The standard InChI is InChI=1S/C40H48N8O6S2/c1-22(2)17-31-40(53)48-16-10-14-30(48)37-43-27(20-56-37)35-42-26(19-54-35)39(52)47-15-9-13-29(47)33(49)45-32(23(3)4)34(50)41-25(18-24-11-7-6-8-12-24)36-44-28(21-55-36)38(51)46(31)5/h6-8,11-12,19-23,25,29-32H,9-10,13-18H2,1-5H3,(H,41,50)(H,45,49)/t25-,29+,30+,31+,32+/m1/s1. The fraction of sp³-hybridized carbons (Fsp3) is 0.500. The van der Waals surface area contributed by atoms with Gasteiger partial charge in [-0.05, 0) is 55.9 Å². The molecule has 14 nitrogen and oxygen atoms in total. The molecule has 296 valence electrons. The predicted molar refractivity (Wildman–Crippen MR) is 211 cm³/mol. The highest BCUT2D eigenvalue weighted by atomic mass is 32.1. The van der Waals surface area contributed by atoms with Gasteiger partial charge in [0.15, 0.2) is 5.69 Å². The molecule has 0 radical (unpaired) electrons.